The van der Waals surface area contributed by atoms with Gasteiger partial charge in [-0.1, -0.05) is 0 Å². The normalized spacial score (nSPS) is 18.6. The number of halogens is 4. The van der Waals surface area contributed by atoms with Crippen LogP contribution in [0.1, 0.15) is 19.3 Å². The van der Waals surface area contributed by atoms with Crippen LogP contribution in [0.3, 0.4) is 0 Å². The van der Waals surface area contributed by atoms with Crippen molar-refractivity contribution < 1.29 is 22.8 Å². The monoisotopic (exact) mass is 257 g/mol. The Morgan fingerprint density at radius 3 is 2.12 bits per heavy atom. The number of amides is 1. The summed E-state index contributed by atoms with van der Waals surface area (Å²) in [7, 11) is 0. The van der Waals surface area contributed by atoms with Gasteiger partial charge in [-0.3, -0.25) is 9.59 Å². The largest absolute Gasteiger partial charge is 0.397 e. The number of alkyl halides is 3. The first-order chi connectivity index (χ1) is 7.29. The highest BCUT2D eigenvalue weighted by Crippen LogP contribution is 2.24. The molecule has 16 heavy (non-hydrogen) atoms. The molecule has 0 aliphatic carbocycles. The molecule has 0 radical (unpaired) electrons. The standard InChI is InChI=1S/C9H11ClF3NO2/c10-8(16)6-1-3-14(4-2-6)7(15)5-9(11,12)13/h6H,1-5H2. The van der Waals surface area contributed by atoms with Crippen molar-refractivity contribution in [2.45, 2.75) is 25.4 Å². The Labute approximate surface area is 95.5 Å². The molecule has 0 spiro atoms. The molecule has 1 saturated heterocycles. The molecule has 1 heterocycles. The zero-order chi connectivity index (χ0) is 12.3. The lowest BCUT2D eigenvalue weighted by molar-refractivity contribution is -0.162. The SMILES string of the molecule is O=C(Cl)C1CCN(C(=O)CC(F)(F)F)CC1. The smallest absolute Gasteiger partial charge is 0.342 e. The number of rotatable bonds is 2. The molecule has 1 aliphatic rings. The van der Waals surface area contributed by atoms with Gasteiger partial charge >= 0.3 is 6.18 Å². The number of likely N-dealkylation sites (tertiary alicyclic amines) is 1. The fourth-order valence-corrected chi connectivity index (χ4v) is 1.86. The van der Waals surface area contributed by atoms with E-state index in [1.54, 1.807) is 0 Å². The summed E-state index contributed by atoms with van der Waals surface area (Å²) in [6.07, 6.45) is -5.24. The zero-order valence-corrected chi connectivity index (χ0v) is 9.14. The van der Waals surface area contributed by atoms with Gasteiger partial charge in [0.15, 0.2) is 0 Å². The van der Waals surface area contributed by atoms with Crippen LogP contribution >= 0.6 is 11.6 Å². The third-order valence-corrected chi connectivity index (χ3v) is 2.83. The third-order valence-electron chi connectivity index (χ3n) is 2.52. The summed E-state index contributed by atoms with van der Waals surface area (Å²) in [5.74, 6) is -1.27. The maximum Gasteiger partial charge on any atom is 0.397 e. The predicted octanol–water partition coefficient (Wildman–Crippen LogP) is 1.94. The second-order valence-corrected chi connectivity index (χ2v) is 4.12. The highest BCUT2D eigenvalue weighted by Gasteiger charge is 2.35. The van der Waals surface area contributed by atoms with Crippen LogP contribution in [0.15, 0.2) is 0 Å². The fraction of sp³-hybridized carbons (Fsp3) is 0.778. The topological polar surface area (TPSA) is 37.4 Å². The van der Waals surface area contributed by atoms with Crippen LogP contribution < -0.4 is 0 Å². The maximum absolute atomic E-state index is 11.9. The molecule has 1 amide bonds. The molecular formula is C9H11ClF3NO2. The van der Waals surface area contributed by atoms with Crippen LogP contribution in [0, 0.1) is 5.92 Å². The maximum atomic E-state index is 11.9. The molecular weight excluding hydrogens is 247 g/mol. The summed E-state index contributed by atoms with van der Waals surface area (Å²) in [5, 5.41) is -0.483. The summed E-state index contributed by atoms with van der Waals surface area (Å²) < 4.78 is 35.8. The zero-order valence-electron chi connectivity index (χ0n) is 8.39. The van der Waals surface area contributed by atoms with E-state index in [0.717, 1.165) is 4.90 Å². The molecule has 0 saturated carbocycles. The number of hydrogen-bond donors (Lipinski definition) is 0. The molecule has 1 aliphatic heterocycles. The average Bonchev–Trinajstić information content (AvgIpc) is 2.15. The average molecular weight is 258 g/mol. The van der Waals surface area contributed by atoms with Gasteiger partial charge in [0, 0.05) is 19.0 Å². The Balaban J connectivity index is 2.42. The molecule has 0 unspecified atom stereocenters. The van der Waals surface area contributed by atoms with Gasteiger partial charge in [-0.2, -0.15) is 13.2 Å². The van der Waals surface area contributed by atoms with Crippen molar-refractivity contribution in [1.82, 2.24) is 4.90 Å². The first-order valence-corrected chi connectivity index (χ1v) is 5.21. The van der Waals surface area contributed by atoms with E-state index in [1.165, 1.54) is 0 Å². The van der Waals surface area contributed by atoms with Crippen LogP contribution in [-0.4, -0.2) is 35.3 Å². The molecule has 1 fully saturated rings. The number of piperidine rings is 1. The third kappa shape index (κ3) is 4.00. The molecule has 3 nitrogen and oxygen atoms in total. The van der Waals surface area contributed by atoms with Crippen molar-refractivity contribution >= 4 is 22.8 Å². The lowest BCUT2D eigenvalue weighted by atomic mass is 9.98. The summed E-state index contributed by atoms with van der Waals surface area (Å²) >= 11 is 5.27. The van der Waals surface area contributed by atoms with E-state index in [4.69, 9.17) is 11.6 Å². The van der Waals surface area contributed by atoms with E-state index in [9.17, 15) is 22.8 Å². The first-order valence-electron chi connectivity index (χ1n) is 4.83. The van der Waals surface area contributed by atoms with E-state index >= 15 is 0 Å². The van der Waals surface area contributed by atoms with Crippen LogP contribution in [-0.2, 0) is 9.59 Å². The highest BCUT2D eigenvalue weighted by atomic mass is 35.5. The highest BCUT2D eigenvalue weighted by molar-refractivity contribution is 6.63. The second-order valence-electron chi connectivity index (χ2n) is 3.75. The lowest BCUT2D eigenvalue weighted by Crippen LogP contribution is -2.41. The van der Waals surface area contributed by atoms with E-state index in [0.29, 0.717) is 12.8 Å². The van der Waals surface area contributed by atoms with Crippen molar-refractivity contribution in [3.8, 4) is 0 Å². The van der Waals surface area contributed by atoms with E-state index in [1.807, 2.05) is 0 Å². The van der Waals surface area contributed by atoms with E-state index < -0.39 is 23.7 Å². The predicted molar refractivity (Wildman–Crippen MR) is 50.8 cm³/mol. The quantitative estimate of drug-likeness (QED) is 0.709. The van der Waals surface area contributed by atoms with Gasteiger partial charge in [0.05, 0.1) is 0 Å². The Kier molecular flexibility index (Phi) is 4.18. The molecule has 1 rings (SSSR count). The van der Waals surface area contributed by atoms with Gasteiger partial charge in [-0.15, -0.1) is 0 Å². The Bertz CT molecular complexity index is 285. The van der Waals surface area contributed by atoms with Crippen molar-refractivity contribution in [1.29, 1.82) is 0 Å². The number of carbonyl (C=O) groups is 2. The fourth-order valence-electron chi connectivity index (χ4n) is 1.64. The number of carbonyl (C=O) groups excluding carboxylic acids is 2. The van der Waals surface area contributed by atoms with Gasteiger partial charge in [0.1, 0.15) is 6.42 Å². The molecule has 92 valence electrons. The molecule has 0 N–H and O–H groups in total. The van der Waals surface area contributed by atoms with Gasteiger partial charge in [0.25, 0.3) is 0 Å². The number of hydrogen-bond acceptors (Lipinski definition) is 2. The Hall–Kier alpha value is -0.780. The van der Waals surface area contributed by atoms with Crippen molar-refractivity contribution in [3.63, 3.8) is 0 Å². The minimum atomic E-state index is -4.48. The Morgan fingerprint density at radius 1 is 1.25 bits per heavy atom. The van der Waals surface area contributed by atoms with Crippen LogP contribution in [0.25, 0.3) is 0 Å². The summed E-state index contributed by atoms with van der Waals surface area (Å²) in [6, 6.07) is 0. The van der Waals surface area contributed by atoms with Crippen molar-refractivity contribution in [3.05, 3.63) is 0 Å². The van der Waals surface area contributed by atoms with Gasteiger partial charge in [-0.05, 0) is 24.4 Å². The summed E-state index contributed by atoms with van der Waals surface area (Å²) in [4.78, 5) is 23.1. The van der Waals surface area contributed by atoms with Gasteiger partial charge in [0.2, 0.25) is 11.1 Å². The molecule has 0 bridgehead atoms. The van der Waals surface area contributed by atoms with Gasteiger partial charge < -0.3 is 4.90 Å². The molecule has 0 aromatic rings. The van der Waals surface area contributed by atoms with Crippen LogP contribution in [0.5, 0.6) is 0 Å². The first kappa shape index (κ1) is 13.3. The Morgan fingerprint density at radius 2 is 1.75 bits per heavy atom. The molecule has 0 atom stereocenters. The minimum absolute atomic E-state index is 0.165. The lowest BCUT2D eigenvalue weighted by Gasteiger charge is -2.30. The van der Waals surface area contributed by atoms with E-state index in [-0.39, 0.29) is 19.0 Å². The van der Waals surface area contributed by atoms with Crippen molar-refractivity contribution in [2.75, 3.05) is 13.1 Å². The molecule has 0 aromatic heterocycles. The minimum Gasteiger partial charge on any atom is -0.342 e. The van der Waals surface area contributed by atoms with Crippen LogP contribution in [0.2, 0.25) is 0 Å². The van der Waals surface area contributed by atoms with E-state index in [2.05, 4.69) is 0 Å². The second kappa shape index (κ2) is 5.03. The number of nitrogens with zero attached hydrogens (tertiary/aromatic N) is 1. The van der Waals surface area contributed by atoms with Gasteiger partial charge in [-0.25, -0.2) is 0 Å². The summed E-state index contributed by atoms with van der Waals surface area (Å²) in [6.45, 7) is 0.329. The molecule has 0 aromatic carbocycles. The molecule has 7 heteroatoms. The van der Waals surface area contributed by atoms with Crippen molar-refractivity contribution in [2.24, 2.45) is 5.92 Å². The summed E-state index contributed by atoms with van der Waals surface area (Å²) in [5.41, 5.74) is 0. The van der Waals surface area contributed by atoms with Crippen LogP contribution in [0.4, 0.5) is 13.2 Å².